The molecule has 0 amide bonds. The maximum absolute atomic E-state index is 3.93. The summed E-state index contributed by atoms with van der Waals surface area (Å²) < 4.78 is 0. The molecule has 0 atom stereocenters. The van der Waals surface area contributed by atoms with E-state index in [-0.39, 0.29) is 5.41 Å². The van der Waals surface area contributed by atoms with Gasteiger partial charge in [0, 0.05) is 0 Å². The molecule has 0 aliphatic rings. The summed E-state index contributed by atoms with van der Waals surface area (Å²) in [5, 5.41) is 0. The molecule has 0 aromatic carbocycles. The van der Waals surface area contributed by atoms with Gasteiger partial charge in [0.25, 0.3) is 0 Å². The van der Waals surface area contributed by atoms with Crippen LogP contribution in [-0.4, -0.2) is 0 Å². The van der Waals surface area contributed by atoms with Crippen molar-refractivity contribution in [1.29, 1.82) is 0 Å². The molecule has 0 spiro atoms. The van der Waals surface area contributed by atoms with Gasteiger partial charge in [-0.1, -0.05) is 51.2 Å². The summed E-state index contributed by atoms with van der Waals surface area (Å²) in [5.41, 5.74) is 3.65. The fourth-order valence-electron chi connectivity index (χ4n) is 0.601. The maximum atomic E-state index is 3.93. The van der Waals surface area contributed by atoms with E-state index < -0.39 is 0 Å². The van der Waals surface area contributed by atoms with E-state index in [9.17, 15) is 0 Å². The van der Waals surface area contributed by atoms with Crippen LogP contribution in [0.3, 0.4) is 0 Å². The Bertz CT molecular complexity index is 221. The number of hydrogen-bond acceptors (Lipinski definition) is 0. The van der Waals surface area contributed by atoms with Gasteiger partial charge in [-0.3, -0.25) is 0 Å². The van der Waals surface area contributed by atoms with Crippen molar-refractivity contribution in [3.8, 4) is 0 Å². The first-order chi connectivity index (χ1) is 5.25. The van der Waals surface area contributed by atoms with Gasteiger partial charge in [0.1, 0.15) is 0 Å². The van der Waals surface area contributed by atoms with Crippen molar-refractivity contribution in [3.63, 3.8) is 0 Å². The fraction of sp³-hybridized carbons (Fsp3) is 0.500. The van der Waals surface area contributed by atoms with E-state index in [0.717, 1.165) is 11.1 Å². The number of allylic oxidation sites excluding steroid dienone is 4. The molecule has 0 saturated heterocycles. The molecule has 12 heavy (non-hydrogen) atoms. The monoisotopic (exact) mass is 164 g/mol. The third-order valence-electron chi connectivity index (χ3n) is 2.12. The Balaban J connectivity index is 4.59. The second-order valence-corrected chi connectivity index (χ2v) is 4.38. The molecular weight excluding hydrogens is 144 g/mol. The highest BCUT2D eigenvalue weighted by Gasteiger charge is 2.12. The molecular formula is C12H20. The lowest BCUT2D eigenvalue weighted by Gasteiger charge is -2.19. The molecule has 68 valence electrons. The molecule has 0 unspecified atom stereocenters. The SMILES string of the molecule is C=C(C)C(=C)/C=C(\C)C(C)(C)C. The van der Waals surface area contributed by atoms with Crippen LogP contribution in [0.1, 0.15) is 34.6 Å². The van der Waals surface area contributed by atoms with Crippen molar-refractivity contribution >= 4 is 0 Å². The van der Waals surface area contributed by atoms with Crippen LogP contribution in [0.4, 0.5) is 0 Å². The van der Waals surface area contributed by atoms with Gasteiger partial charge in [-0.05, 0) is 24.8 Å². The molecule has 0 N–H and O–H groups in total. The van der Waals surface area contributed by atoms with Crippen molar-refractivity contribution < 1.29 is 0 Å². The zero-order chi connectivity index (χ0) is 9.94. The lowest BCUT2D eigenvalue weighted by molar-refractivity contribution is 0.504. The molecule has 0 aromatic heterocycles. The van der Waals surface area contributed by atoms with E-state index in [2.05, 4.69) is 46.9 Å². The minimum atomic E-state index is 0.235. The molecule has 0 nitrogen and oxygen atoms in total. The van der Waals surface area contributed by atoms with Crippen LogP contribution in [-0.2, 0) is 0 Å². The van der Waals surface area contributed by atoms with E-state index in [0.29, 0.717) is 0 Å². The van der Waals surface area contributed by atoms with Crippen molar-refractivity contribution in [2.45, 2.75) is 34.6 Å². The quantitative estimate of drug-likeness (QED) is 0.539. The van der Waals surface area contributed by atoms with Crippen LogP contribution < -0.4 is 0 Å². The Hall–Kier alpha value is -0.780. The van der Waals surface area contributed by atoms with Gasteiger partial charge in [-0.15, -0.1) is 0 Å². The van der Waals surface area contributed by atoms with Gasteiger partial charge in [0.2, 0.25) is 0 Å². The summed E-state index contributed by atoms with van der Waals surface area (Å²) in [5.74, 6) is 0. The number of hydrogen-bond donors (Lipinski definition) is 0. The normalized spacial score (nSPS) is 12.9. The van der Waals surface area contributed by atoms with E-state index in [4.69, 9.17) is 0 Å². The standard InChI is InChI=1S/C12H20/c1-9(2)10(3)8-11(4)12(5,6)7/h8H,1,3H2,2,4-7H3/b11-8+. The smallest absolute Gasteiger partial charge is 0.0172 e. The summed E-state index contributed by atoms with van der Waals surface area (Å²) in [6.45, 7) is 18.5. The van der Waals surface area contributed by atoms with E-state index in [1.807, 2.05) is 6.92 Å². The molecule has 0 saturated carbocycles. The van der Waals surface area contributed by atoms with Crippen molar-refractivity contribution in [1.82, 2.24) is 0 Å². The Morgan fingerprint density at radius 1 is 1.08 bits per heavy atom. The first kappa shape index (κ1) is 11.2. The molecule has 0 radical (unpaired) electrons. The summed E-state index contributed by atoms with van der Waals surface area (Å²) >= 11 is 0. The van der Waals surface area contributed by atoms with Crippen LogP contribution >= 0.6 is 0 Å². The lowest BCUT2D eigenvalue weighted by Crippen LogP contribution is -2.06. The third-order valence-corrected chi connectivity index (χ3v) is 2.12. The number of rotatable bonds is 2. The highest BCUT2D eigenvalue weighted by molar-refractivity contribution is 5.36. The van der Waals surface area contributed by atoms with Crippen LogP contribution in [0.5, 0.6) is 0 Å². The predicted octanol–water partition coefficient (Wildman–Crippen LogP) is 4.11. The summed E-state index contributed by atoms with van der Waals surface area (Å²) in [6.07, 6.45) is 2.11. The predicted molar refractivity (Wildman–Crippen MR) is 57.2 cm³/mol. The molecule has 0 rings (SSSR count). The van der Waals surface area contributed by atoms with Gasteiger partial charge in [0.05, 0.1) is 0 Å². The molecule has 0 heterocycles. The zero-order valence-electron chi connectivity index (χ0n) is 8.99. The van der Waals surface area contributed by atoms with Crippen molar-refractivity contribution in [2.24, 2.45) is 5.41 Å². The Morgan fingerprint density at radius 2 is 1.50 bits per heavy atom. The Morgan fingerprint density at radius 3 is 1.75 bits per heavy atom. The summed E-state index contributed by atoms with van der Waals surface area (Å²) in [7, 11) is 0. The maximum Gasteiger partial charge on any atom is -0.0172 e. The van der Waals surface area contributed by atoms with E-state index in [1.165, 1.54) is 5.57 Å². The van der Waals surface area contributed by atoms with E-state index >= 15 is 0 Å². The van der Waals surface area contributed by atoms with Crippen molar-refractivity contribution in [2.75, 3.05) is 0 Å². The summed E-state index contributed by atoms with van der Waals surface area (Å²) in [6, 6.07) is 0. The van der Waals surface area contributed by atoms with Gasteiger partial charge in [0.15, 0.2) is 0 Å². The van der Waals surface area contributed by atoms with Gasteiger partial charge < -0.3 is 0 Å². The Kier molecular flexibility index (Phi) is 3.51. The largest absolute Gasteiger partial charge is 0.0955 e. The van der Waals surface area contributed by atoms with Gasteiger partial charge in [-0.25, -0.2) is 0 Å². The van der Waals surface area contributed by atoms with E-state index in [1.54, 1.807) is 0 Å². The molecule has 0 aliphatic heterocycles. The minimum Gasteiger partial charge on any atom is -0.0955 e. The Labute approximate surface area is 76.7 Å². The average Bonchev–Trinajstić information content (AvgIpc) is 1.85. The third kappa shape index (κ3) is 3.56. The molecule has 0 heteroatoms. The van der Waals surface area contributed by atoms with Crippen LogP contribution in [0, 0.1) is 5.41 Å². The van der Waals surface area contributed by atoms with Crippen molar-refractivity contribution in [3.05, 3.63) is 36.0 Å². The zero-order valence-corrected chi connectivity index (χ0v) is 8.99. The summed E-state index contributed by atoms with van der Waals surface area (Å²) in [4.78, 5) is 0. The highest BCUT2D eigenvalue weighted by atomic mass is 14.2. The van der Waals surface area contributed by atoms with Gasteiger partial charge in [-0.2, -0.15) is 0 Å². The molecule has 0 aromatic rings. The van der Waals surface area contributed by atoms with Crippen LogP contribution in [0.2, 0.25) is 0 Å². The molecule has 0 bridgehead atoms. The second-order valence-electron chi connectivity index (χ2n) is 4.38. The van der Waals surface area contributed by atoms with Crippen LogP contribution in [0.25, 0.3) is 0 Å². The average molecular weight is 164 g/mol. The second kappa shape index (κ2) is 3.75. The fourth-order valence-corrected chi connectivity index (χ4v) is 0.601. The first-order valence-electron chi connectivity index (χ1n) is 4.28. The van der Waals surface area contributed by atoms with Crippen LogP contribution in [0.15, 0.2) is 36.0 Å². The first-order valence-corrected chi connectivity index (χ1v) is 4.28. The topological polar surface area (TPSA) is 0 Å². The molecule has 0 fully saturated rings. The lowest BCUT2D eigenvalue weighted by atomic mass is 9.86. The van der Waals surface area contributed by atoms with Gasteiger partial charge >= 0.3 is 0 Å². The minimum absolute atomic E-state index is 0.235. The molecule has 0 aliphatic carbocycles. The highest BCUT2D eigenvalue weighted by Crippen LogP contribution is 2.26.